The number of rotatable bonds is 3. The van der Waals surface area contributed by atoms with E-state index in [9.17, 15) is 0 Å². The number of nitrogens with zero attached hydrogens (tertiary/aromatic N) is 2. The second kappa shape index (κ2) is 7.75. The molecule has 0 atom stereocenters. The molecule has 1 aliphatic heterocycles. The van der Waals surface area contributed by atoms with Crippen molar-refractivity contribution in [2.75, 3.05) is 31.1 Å². The Kier molecular flexibility index (Phi) is 5.19. The van der Waals surface area contributed by atoms with Gasteiger partial charge >= 0.3 is 0 Å². The lowest BCUT2D eigenvalue weighted by atomic mass is 10.2. The summed E-state index contributed by atoms with van der Waals surface area (Å²) in [4.78, 5) is 5.38. The van der Waals surface area contributed by atoms with Crippen LogP contribution in [-0.4, -0.2) is 36.1 Å². The van der Waals surface area contributed by atoms with Gasteiger partial charge in [0.15, 0.2) is 5.76 Å². The Morgan fingerprint density at radius 2 is 1.63 bits per heavy atom. The first-order chi connectivity index (χ1) is 13.1. The summed E-state index contributed by atoms with van der Waals surface area (Å²) in [6, 6.07) is 20.2. The molecule has 3 aromatic rings. The minimum atomic E-state index is 0.677. The van der Waals surface area contributed by atoms with E-state index >= 15 is 0 Å². The smallest absolute Gasteiger partial charge is 0.162 e. The Labute approximate surface area is 170 Å². The molecule has 138 valence electrons. The number of hydrogen-bond acceptors (Lipinski definition) is 3. The van der Waals surface area contributed by atoms with Crippen molar-refractivity contribution in [2.45, 2.75) is 6.92 Å². The van der Waals surface area contributed by atoms with Gasteiger partial charge in [0.1, 0.15) is 10.7 Å². The minimum Gasteiger partial charge on any atom is -0.454 e. The van der Waals surface area contributed by atoms with Gasteiger partial charge < -0.3 is 14.2 Å². The van der Waals surface area contributed by atoms with E-state index in [-0.39, 0.29) is 0 Å². The zero-order chi connectivity index (χ0) is 18.8. The Balaban J connectivity index is 1.43. The van der Waals surface area contributed by atoms with Gasteiger partial charge in [-0.25, -0.2) is 0 Å². The molecule has 0 radical (unpaired) electrons. The van der Waals surface area contributed by atoms with Gasteiger partial charge in [0, 0.05) is 37.4 Å². The summed E-state index contributed by atoms with van der Waals surface area (Å²) in [5, 5.41) is 0.677. The zero-order valence-electron chi connectivity index (χ0n) is 15.2. The Morgan fingerprint density at radius 3 is 2.33 bits per heavy atom. The number of benzene rings is 2. The minimum absolute atomic E-state index is 0.677. The van der Waals surface area contributed by atoms with E-state index < -0.39 is 0 Å². The topological polar surface area (TPSA) is 19.6 Å². The van der Waals surface area contributed by atoms with Crippen molar-refractivity contribution in [3.05, 3.63) is 77.0 Å². The summed E-state index contributed by atoms with van der Waals surface area (Å²) in [5.74, 6) is 1.47. The van der Waals surface area contributed by atoms with Crippen LogP contribution in [0.2, 0.25) is 5.02 Å². The number of piperazine rings is 1. The number of furan rings is 1. The van der Waals surface area contributed by atoms with E-state index in [1.807, 2.05) is 36.4 Å². The quantitative estimate of drug-likeness (QED) is 0.551. The maximum Gasteiger partial charge on any atom is 0.162 e. The molecule has 5 heteroatoms. The number of hydrogen-bond donors (Lipinski definition) is 0. The highest BCUT2D eigenvalue weighted by Gasteiger charge is 2.22. The lowest BCUT2D eigenvalue weighted by Gasteiger charge is -2.37. The molecular formula is C22H21ClN2OS. The fourth-order valence-electron chi connectivity index (χ4n) is 3.34. The molecule has 0 amide bonds. The second-order valence-corrected chi connectivity index (χ2v) is 7.55. The molecular weight excluding hydrogens is 376 g/mol. The second-order valence-electron chi connectivity index (χ2n) is 6.76. The van der Waals surface area contributed by atoms with Crippen LogP contribution in [0.5, 0.6) is 0 Å². The van der Waals surface area contributed by atoms with E-state index in [1.54, 1.807) is 0 Å². The van der Waals surface area contributed by atoms with Crippen LogP contribution in [0.25, 0.3) is 11.3 Å². The van der Waals surface area contributed by atoms with E-state index in [2.05, 4.69) is 41.0 Å². The summed E-state index contributed by atoms with van der Waals surface area (Å²) in [7, 11) is 0. The maximum absolute atomic E-state index is 6.27. The highest BCUT2D eigenvalue weighted by Crippen LogP contribution is 2.29. The molecule has 0 N–H and O–H groups in total. The number of aryl methyl sites for hydroxylation is 1. The molecule has 1 aromatic heterocycles. The Morgan fingerprint density at radius 1 is 0.926 bits per heavy atom. The average Bonchev–Trinajstić information content (AvgIpc) is 3.18. The van der Waals surface area contributed by atoms with Crippen molar-refractivity contribution in [1.82, 2.24) is 4.90 Å². The van der Waals surface area contributed by atoms with Gasteiger partial charge in [0.05, 0.1) is 5.02 Å². The van der Waals surface area contributed by atoms with Crippen LogP contribution in [0.15, 0.2) is 65.1 Å². The van der Waals surface area contributed by atoms with Crippen molar-refractivity contribution in [3.63, 3.8) is 0 Å². The SMILES string of the molecule is Cc1ccc(N2CCN(C(=S)c3ccc(-c4ccccc4Cl)o3)CC2)cc1. The van der Waals surface area contributed by atoms with Crippen LogP contribution in [0.1, 0.15) is 11.3 Å². The molecule has 1 saturated heterocycles. The average molecular weight is 397 g/mol. The molecule has 4 rings (SSSR count). The summed E-state index contributed by atoms with van der Waals surface area (Å²) in [6.07, 6.45) is 0. The zero-order valence-corrected chi connectivity index (χ0v) is 16.8. The fourth-order valence-corrected chi connectivity index (χ4v) is 3.86. The molecule has 2 aromatic carbocycles. The normalized spacial score (nSPS) is 14.4. The molecule has 0 bridgehead atoms. The molecule has 27 heavy (non-hydrogen) atoms. The third-order valence-corrected chi connectivity index (χ3v) is 5.71. The lowest BCUT2D eigenvalue weighted by Crippen LogP contribution is -2.48. The first kappa shape index (κ1) is 18.1. The molecule has 3 nitrogen and oxygen atoms in total. The lowest BCUT2D eigenvalue weighted by molar-refractivity contribution is 0.385. The Bertz CT molecular complexity index is 943. The van der Waals surface area contributed by atoms with Gasteiger partial charge in [0.25, 0.3) is 0 Å². The first-order valence-corrected chi connectivity index (χ1v) is 9.86. The highest BCUT2D eigenvalue weighted by molar-refractivity contribution is 7.80. The summed E-state index contributed by atoms with van der Waals surface area (Å²) >= 11 is 12.0. The number of halogens is 1. The van der Waals surface area contributed by atoms with Gasteiger partial charge in [-0.2, -0.15) is 0 Å². The van der Waals surface area contributed by atoms with E-state index in [4.69, 9.17) is 28.2 Å². The first-order valence-electron chi connectivity index (χ1n) is 9.07. The molecule has 0 saturated carbocycles. The number of anilines is 1. The van der Waals surface area contributed by atoms with Crippen LogP contribution >= 0.6 is 23.8 Å². The molecule has 0 spiro atoms. The standard InChI is InChI=1S/C22H21ClN2OS/c1-16-6-8-17(9-7-16)24-12-14-25(15-13-24)22(27)21-11-10-20(26-21)18-4-2-3-5-19(18)23/h2-11H,12-15H2,1H3. The van der Waals surface area contributed by atoms with Crippen LogP contribution in [-0.2, 0) is 0 Å². The van der Waals surface area contributed by atoms with Crippen LogP contribution in [0.3, 0.4) is 0 Å². The number of thiocarbonyl (C=S) groups is 1. The maximum atomic E-state index is 6.27. The fraction of sp³-hybridized carbons (Fsp3) is 0.227. The summed E-state index contributed by atoms with van der Waals surface area (Å²) < 4.78 is 6.01. The van der Waals surface area contributed by atoms with Gasteiger partial charge in [0.2, 0.25) is 0 Å². The van der Waals surface area contributed by atoms with Crippen LogP contribution in [0.4, 0.5) is 5.69 Å². The molecule has 1 fully saturated rings. The van der Waals surface area contributed by atoms with Crippen molar-refractivity contribution < 1.29 is 4.42 Å². The third kappa shape index (κ3) is 3.87. The monoisotopic (exact) mass is 396 g/mol. The summed E-state index contributed by atoms with van der Waals surface area (Å²) in [6.45, 7) is 5.77. The van der Waals surface area contributed by atoms with E-state index in [1.165, 1.54) is 11.3 Å². The highest BCUT2D eigenvalue weighted by atomic mass is 35.5. The van der Waals surface area contributed by atoms with Crippen molar-refractivity contribution in [1.29, 1.82) is 0 Å². The predicted molar refractivity (Wildman–Crippen MR) is 116 cm³/mol. The van der Waals surface area contributed by atoms with Gasteiger partial charge in [-0.1, -0.05) is 53.6 Å². The van der Waals surface area contributed by atoms with Crippen molar-refractivity contribution >= 4 is 34.5 Å². The molecule has 0 aliphatic carbocycles. The van der Waals surface area contributed by atoms with Crippen LogP contribution < -0.4 is 4.90 Å². The van der Waals surface area contributed by atoms with Gasteiger partial charge in [-0.3, -0.25) is 0 Å². The summed E-state index contributed by atoms with van der Waals surface area (Å²) in [5.41, 5.74) is 3.44. The molecule has 1 aliphatic rings. The molecule has 0 unspecified atom stereocenters. The van der Waals surface area contributed by atoms with Crippen molar-refractivity contribution in [2.24, 2.45) is 0 Å². The van der Waals surface area contributed by atoms with E-state index in [0.717, 1.165) is 48.3 Å². The van der Waals surface area contributed by atoms with Crippen LogP contribution in [0, 0.1) is 6.92 Å². The van der Waals surface area contributed by atoms with E-state index in [0.29, 0.717) is 5.02 Å². The predicted octanol–water partition coefficient (Wildman–Crippen LogP) is 5.41. The molecule has 2 heterocycles. The third-order valence-electron chi connectivity index (χ3n) is 4.92. The van der Waals surface area contributed by atoms with Gasteiger partial charge in [-0.15, -0.1) is 0 Å². The Hall–Kier alpha value is -2.30. The van der Waals surface area contributed by atoms with Crippen molar-refractivity contribution in [3.8, 4) is 11.3 Å². The van der Waals surface area contributed by atoms with Gasteiger partial charge in [-0.05, 0) is 43.3 Å². The largest absolute Gasteiger partial charge is 0.454 e.